The summed E-state index contributed by atoms with van der Waals surface area (Å²) in [5, 5.41) is 0. The fourth-order valence-electron chi connectivity index (χ4n) is 6.40. The van der Waals surface area contributed by atoms with Gasteiger partial charge in [0.2, 0.25) is 10.0 Å². The second-order valence-corrected chi connectivity index (χ2v) is 14.1. The van der Waals surface area contributed by atoms with E-state index in [1.54, 1.807) is 37.6 Å². The lowest BCUT2D eigenvalue weighted by molar-refractivity contribution is -0.117. The first kappa shape index (κ1) is 33.9. The maximum atomic E-state index is 14.1. The zero-order valence-electron chi connectivity index (χ0n) is 27.3. The Labute approximate surface area is 273 Å². The molecule has 5 rings (SSSR count). The van der Waals surface area contributed by atoms with Crippen molar-refractivity contribution in [2.45, 2.75) is 69.1 Å². The highest BCUT2D eigenvalue weighted by Crippen LogP contribution is 2.39. The van der Waals surface area contributed by atoms with Crippen LogP contribution in [0.25, 0.3) is 0 Å². The van der Waals surface area contributed by atoms with Crippen molar-refractivity contribution in [1.82, 2.24) is 4.31 Å². The van der Waals surface area contributed by atoms with Gasteiger partial charge in [-0.15, -0.1) is 0 Å². The Balaban J connectivity index is 1.44. The minimum absolute atomic E-state index is 0.0414. The second-order valence-electron chi connectivity index (χ2n) is 12.2. The predicted molar refractivity (Wildman–Crippen MR) is 178 cm³/mol. The molecule has 0 amide bonds. The molecule has 0 bridgehead atoms. The number of nitrogens with zero attached hydrogens (tertiary/aromatic N) is 2. The van der Waals surface area contributed by atoms with E-state index < -0.39 is 16.1 Å². The molecule has 46 heavy (non-hydrogen) atoms. The lowest BCUT2D eigenvalue weighted by atomic mass is 9.82. The van der Waals surface area contributed by atoms with Crippen LogP contribution in [0, 0.1) is 6.92 Å². The zero-order valence-corrected chi connectivity index (χ0v) is 28.1. The number of ketones is 1. The molecule has 1 fully saturated rings. The number of hydrogen-bond acceptors (Lipinski definition) is 8. The third-order valence-corrected chi connectivity index (χ3v) is 10.9. The Bertz CT molecular complexity index is 1560. The highest BCUT2D eigenvalue weighted by Gasteiger charge is 2.43. The number of ether oxygens (including phenoxy) is 4. The maximum Gasteiger partial charge on any atom is 0.243 e. The summed E-state index contributed by atoms with van der Waals surface area (Å²) in [7, 11) is -0.501. The predicted octanol–water partition coefficient (Wildman–Crippen LogP) is 5.74. The Kier molecular flexibility index (Phi) is 11.4. The molecule has 0 aliphatic carbocycles. The van der Waals surface area contributed by atoms with Gasteiger partial charge in [0, 0.05) is 45.2 Å². The van der Waals surface area contributed by atoms with Crippen molar-refractivity contribution in [2.75, 3.05) is 52.0 Å². The third kappa shape index (κ3) is 8.09. The summed E-state index contributed by atoms with van der Waals surface area (Å²) in [5.41, 5.74) is 4.06. The molecule has 0 spiro atoms. The standard InChI is InChI=1S/C36H46N2O7S/c1-26-6-15-32(16-7-26)46(40,41)38-24-36(33(23-30(38)12-8-27(2)39)29-10-13-31(43-4)14-11-29)45-25-28-9-17-35-34(22-28)37(19-21-44-35)18-5-20-42-3/h6-7,9-11,13-17,22,30,33,36H,5,8,12,18-21,23-25H2,1-4H3/t30?,33?,36-/m0/s1. The Morgan fingerprint density at radius 2 is 1.78 bits per heavy atom. The van der Waals surface area contributed by atoms with Crippen molar-refractivity contribution in [3.63, 3.8) is 0 Å². The first-order valence-electron chi connectivity index (χ1n) is 16.0. The van der Waals surface area contributed by atoms with E-state index >= 15 is 0 Å². The molecule has 2 aliphatic heterocycles. The maximum absolute atomic E-state index is 14.1. The van der Waals surface area contributed by atoms with Gasteiger partial charge in [-0.3, -0.25) is 0 Å². The Hall–Kier alpha value is -3.44. The summed E-state index contributed by atoms with van der Waals surface area (Å²) in [5.74, 6) is 1.56. The van der Waals surface area contributed by atoms with Crippen LogP contribution in [0.2, 0.25) is 0 Å². The molecule has 0 N–H and O–H groups in total. The van der Waals surface area contributed by atoms with Crippen LogP contribution in [0.5, 0.6) is 11.5 Å². The molecule has 1 saturated heterocycles. The number of carbonyl (C=O) groups is 1. The number of aryl methyl sites for hydroxylation is 1. The van der Waals surface area contributed by atoms with Gasteiger partial charge in [-0.25, -0.2) is 8.42 Å². The molecule has 9 nitrogen and oxygen atoms in total. The molecule has 3 aromatic carbocycles. The van der Waals surface area contributed by atoms with Crippen molar-refractivity contribution < 1.29 is 32.2 Å². The zero-order chi connectivity index (χ0) is 32.7. The summed E-state index contributed by atoms with van der Waals surface area (Å²) in [6.07, 6.45) is 1.78. The first-order valence-corrected chi connectivity index (χ1v) is 17.5. The van der Waals surface area contributed by atoms with Crippen LogP contribution < -0.4 is 14.4 Å². The van der Waals surface area contributed by atoms with Gasteiger partial charge in [0.25, 0.3) is 0 Å². The Morgan fingerprint density at radius 3 is 2.48 bits per heavy atom. The topological polar surface area (TPSA) is 94.6 Å². The van der Waals surface area contributed by atoms with Gasteiger partial charge >= 0.3 is 0 Å². The minimum atomic E-state index is -3.85. The number of methoxy groups -OCH3 is 2. The molecule has 0 aromatic heterocycles. The fraction of sp³-hybridized carbons (Fsp3) is 0.472. The van der Waals surface area contributed by atoms with Crippen LogP contribution in [-0.4, -0.2) is 77.7 Å². The molecule has 10 heteroatoms. The van der Waals surface area contributed by atoms with Crippen molar-refractivity contribution >= 4 is 21.5 Å². The van der Waals surface area contributed by atoms with Crippen LogP contribution in [-0.2, 0) is 30.9 Å². The van der Waals surface area contributed by atoms with E-state index in [-0.39, 0.29) is 29.2 Å². The fourth-order valence-corrected chi connectivity index (χ4v) is 8.08. The van der Waals surface area contributed by atoms with Crippen molar-refractivity contribution in [3.05, 3.63) is 83.4 Å². The highest BCUT2D eigenvalue weighted by atomic mass is 32.2. The minimum Gasteiger partial charge on any atom is -0.497 e. The van der Waals surface area contributed by atoms with Gasteiger partial charge in [0.05, 0.1) is 36.9 Å². The summed E-state index contributed by atoms with van der Waals surface area (Å²) in [6, 6.07) is 20.6. The van der Waals surface area contributed by atoms with Crippen LogP contribution in [0.4, 0.5) is 5.69 Å². The number of fused-ring (bicyclic) bond motifs is 1. The molecule has 2 aliphatic rings. The van der Waals surface area contributed by atoms with Gasteiger partial charge in [0.1, 0.15) is 23.9 Å². The van der Waals surface area contributed by atoms with Crippen LogP contribution in [0.3, 0.4) is 0 Å². The number of benzene rings is 3. The van der Waals surface area contributed by atoms with E-state index in [1.807, 2.05) is 55.5 Å². The SMILES string of the molecule is COCCCN1CCOc2ccc(CO[C@H]3CN(S(=O)(=O)c4ccc(C)cc4)C(CCC(C)=O)CC3c3ccc(OC)cc3)cc21. The quantitative estimate of drug-likeness (QED) is 0.204. The number of hydrogen-bond donors (Lipinski definition) is 0. The second kappa shape index (κ2) is 15.4. The summed E-state index contributed by atoms with van der Waals surface area (Å²) in [6.45, 7) is 6.97. The molecule has 248 valence electrons. The first-order chi connectivity index (χ1) is 22.2. The summed E-state index contributed by atoms with van der Waals surface area (Å²) < 4.78 is 53.1. The van der Waals surface area contributed by atoms with Gasteiger partial charge in [-0.2, -0.15) is 4.31 Å². The van der Waals surface area contributed by atoms with Gasteiger partial charge < -0.3 is 28.6 Å². The number of piperidine rings is 1. The lowest BCUT2D eigenvalue weighted by Gasteiger charge is -2.43. The molecule has 3 aromatic rings. The molecule has 2 heterocycles. The van der Waals surface area contributed by atoms with Crippen LogP contribution >= 0.6 is 0 Å². The molecule has 0 saturated carbocycles. The highest BCUT2D eigenvalue weighted by molar-refractivity contribution is 7.89. The van der Waals surface area contributed by atoms with E-state index in [0.717, 1.165) is 53.4 Å². The van der Waals surface area contributed by atoms with Crippen LogP contribution in [0.1, 0.15) is 55.2 Å². The molecule has 3 atom stereocenters. The number of anilines is 1. The number of Topliss-reactive ketones (excluding diaryl/α,β-unsaturated/α-hetero) is 1. The number of carbonyl (C=O) groups excluding carboxylic acids is 1. The molecular formula is C36H46N2O7S. The smallest absolute Gasteiger partial charge is 0.243 e. The molecular weight excluding hydrogens is 604 g/mol. The summed E-state index contributed by atoms with van der Waals surface area (Å²) >= 11 is 0. The monoisotopic (exact) mass is 650 g/mol. The van der Waals surface area contributed by atoms with E-state index in [0.29, 0.717) is 39.1 Å². The van der Waals surface area contributed by atoms with E-state index in [4.69, 9.17) is 18.9 Å². The largest absolute Gasteiger partial charge is 0.497 e. The van der Waals surface area contributed by atoms with Gasteiger partial charge in [-0.1, -0.05) is 35.9 Å². The Morgan fingerprint density at radius 1 is 1.02 bits per heavy atom. The number of rotatable bonds is 14. The average Bonchev–Trinajstić information content (AvgIpc) is 3.06. The van der Waals surface area contributed by atoms with Crippen molar-refractivity contribution in [2.24, 2.45) is 0 Å². The van der Waals surface area contributed by atoms with Crippen molar-refractivity contribution in [3.8, 4) is 11.5 Å². The molecule has 2 unspecified atom stereocenters. The lowest BCUT2D eigenvalue weighted by Crippen LogP contribution is -2.52. The third-order valence-electron chi connectivity index (χ3n) is 8.97. The van der Waals surface area contributed by atoms with Crippen LogP contribution in [0.15, 0.2) is 71.6 Å². The number of sulfonamides is 1. The van der Waals surface area contributed by atoms with E-state index in [2.05, 4.69) is 11.0 Å². The van der Waals surface area contributed by atoms with E-state index in [1.165, 1.54) is 0 Å². The normalized spacial score (nSPS) is 20.2. The van der Waals surface area contributed by atoms with Gasteiger partial charge in [0.15, 0.2) is 0 Å². The van der Waals surface area contributed by atoms with Gasteiger partial charge in [-0.05, 0) is 80.6 Å². The van der Waals surface area contributed by atoms with E-state index in [9.17, 15) is 13.2 Å². The van der Waals surface area contributed by atoms with Crippen molar-refractivity contribution in [1.29, 1.82) is 0 Å². The average molecular weight is 651 g/mol. The molecule has 0 radical (unpaired) electrons. The summed E-state index contributed by atoms with van der Waals surface area (Å²) in [4.78, 5) is 14.6.